The number of nitro benzene ring substituents is 1. The fourth-order valence-corrected chi connectivity index (χ4v) is 3.29. The molecule has 10 nitrogen and oxygen atoms in total. The van der Waals surface area contributed by atoms with Crippen LogP contribution in [0.1, 0.15) is 25.3 Å². The number of benzene rings is 1. The van der Waals surface area contributed by atoms with Gasteiger partial charge in [0.1, 0.15) is 5.92 Å². The molecule has 10 heteroatoms. The molecule has 0 spiro atoms. The van der Waals surface area contributed by atoms with Gasteiger partial charge in [0.2, 0.25) is 5.75 Å². The highest BCUT2D eigenvalue weighted by molar-refractivity contribution is 6.07. The summed E-state index contributed by atoms with van der Waals surface area (Å²) in [6.07, 6.45) is 0. The number of phenols is 1. The van der Waals surface area contributed by atoms with Crippen molar-refractivity contribution in [2.24, 2.45) is 10.9 Å². The van der Waals surface area contributed by atoms with Crippen LogP contribution in [-0.4, -0.2) is 49.0 Å². The molecule has 0 aromatic heterocycles. The number of aromatic hydroxyl groups is 1. The van der Waals surface area contributed by atoms with Crippen LogP contribution >= 0.6 is 0 Å². The maximum absolute atomic E-state index is 12.5. The van der Waals surface area contributed by atoms with E-state index < -0.39 is 40.1 Å². The zero-order chi connectivity index (χ0) is 21.2. The Hall–Kier alpha value is -3.43. The topological polar surface area (TPSA) is 138 Å². The SMILES string of the molecule is COC(=O)C1=C(C)N=C(C)C(C(=O)OC)[C@@H]1c1cc(OC)c(O)c([N+](=O)[O-])c1. The van der Waals surface area contributed by atoms with Crippen molar-refractivity contribution in [3.05, 3.63) is 39.1 Å². The number of nitrogens with zero attached hydrogens (tertiary/aromatic N) is 2. The molecule has 0 fully saturated rings. The van der Waals surface area contributed by atoms with Gasteiger partial charge in [-0.05, 0) is 25.5 Å². The van der Waals surface area contributed by atoms with Crippen LogP contribution in [0.2, 0.25) is 0 Å². The van der Waals surface area contributed by atoms with Crippen molar-refractivity contribution < 1.29 is 33.8 Å². The molecule has 1 N–H and O–H groups in total. The monoisotopic (exact) mass is 392 g/mol. The van der Waals surface area contributed by atoms with Gasteiger partial charge in [-0.1, -0.05) is 0 Å². The molecule has 0 saturated heterocycles. The molecule has 0 saturated carbocycles. The summed E-state index contributed by atoms with van der Waals surface area (Å²) < 4.78 is 14.7. The van der Waals surface area contributed by atoms with E-state index in [1.807, 2.05) is 0 Å². The van der Waals surface area contributed by atoms with Crippen LogP contribution < -0.4 is 4.74 Å². The highest BCUT2D eigenvalue weighted by Gasteiger charge is 2.43. The standard InChI is InChI=1S/C18H20N2O8/c1-8-13(17(22)27-4)15(14(9(2)19-8)18(23)28-5)10-6-11(20(24)25)16(21)12(7-10)26-3/h6-7,13,15,21H,1-5H3/t13?,15-/m0/s1. The van der Waals surface area contributed by atoms with Crippen molar-refractivity contribution in [3.63, 3.8) is 0 Å². The largest absolute Gasteiger partial charge is 0.500 e. The molecule has 1 aromatic carbocycles. The molecule has 1 aliphatic rings. The van der Waals surface area contributed by atoms with Gasteiger partial charge in [0.05, 0.1) is 31.8 Å². The summed E-state index contributed by atoms with van der Waals surface area (Å²) in [5.41, 5.74) is 0.317. The number of hydrogen-bond acceptors (Lipinski definition) is 9. The number of aliphatic imine (C=N–C) groups is 1. The minimum Gasteiger partial charge on any atom is -0.500 e. The molecule has 2 rings (SSSR count). The van der Waals surface area contributed by atoms with Crippen LogP contribution in [0.5, 0.6) is 11.5 Å². The Kier molecular flexibility index (Phi) is 6.02. The summed E-state index contributed by atoms with van der Waals surface area (Å²) in [4.78, 5) is 39.8. The first-order chi connectivity index (χ1) is 13.2. The third-order valence-electron chi connectivity index (χ3n) is 4.54. The third kappa shape index (κ3) is 3.53. The number of nitro groups is 1. The Bertz CT molecular complexity index is 903. The van der Waals surface area contributed by atoms with Gasteiger partial charge in [-0.3, -0.25) is 19.9 Å². The lowest BCUT2D eigenvalue weighted by Crippen LogP contribution is -2.36. The molecule has 150 valence electrons. The molecule has 1 aliphatic heterocycles. The summed E-state index contributed by atoms with van der Waals surface area (Å²) in [5.74, 6) is -4.23. The van der Waals surface area contributed by atoms with Gasteiger partial charge >= 0.3 is 17.6 Å². The zero-order valence-electron chi connectivity index (χ0n) is 16.0. The average Bonchev–Trinajstić information content (AvgIpc) is 2.66. The van der Waals surface area contributed by atoms with E-state index in [9.17, 15) is 24.8 Å². The van der Waals surface area contributed by atoms with E-state index in [1.54, 1.807) is 13.8 Å². The number of rotatable bonds is 5. The Labute approximate surface area is 160 Å². The van der Waals surface area contributed by atoms with E-state index >= 15 is 0 Å². The molecular formula is C18H20N2O8. The zero-order valence-corrected chi connectivity index (χ0v) is 16.0. The molecule has 1 unspecified atom stereocenters. The number of phenolic OH excluding ortho intramolecular Hbond substituents is 1. The van der Waals surface area contributed by atoms with E-state index in [0.717, 1.165) is 6.07 Å². The normalized spacial score (nSPS) is 19.0. The molecule has 0 radical (unpaired) electrons. The van der Waals surface area contributed by atoms with Crippen LogP contribution in [0.15, 0.2) is 28.4 Å². The molecule has 1 heterocycles. The minimum atomic E-state index is -1.02. The maximum atomic E-state index is 12.5. The third-order valence-corrected chi connectivity index (χ3v) is 4.54. The van der Waals surface area contributed by atoms with E-state index in [2.05, 4.69) is 4.99 Å². The quantitative estimate of drug-likeness (QED) is 0.457. The number of allylic oxidation sites excluding steroid dienone is 1. The Morgan fingerprint density at radius 1 is 1.18 bits per heavy atom. The molecule has 0 bridgehead atoms. The summed E-state index contributed by atoms with van der Waals surface area (Å²) in [7, 11) is 3.60. The summed E-state index contributed by atoms with van der Waals surface area (Å²) in [6, 6.07) is 2.42. The first-order valence-electron chi connectivity index (χ1n) is 8.15. The van der Waals surface area contributed by atoms with Crippen molar-refractivity contribution >= 4 is 23.3 Å². The predicted octanol–water partition coefficient (Wildman–Crippen LogP) is 2.10. The highest BCUT2D eigenvalue weighted by Crippen LogP contribution is 2.45. The van der Waals surface area contributed by atoms with Gasteiger partial charge in [-0.25, -0.2) is 4.79 Å². The van der Waals surface area contributed by atoms with Gasteiger partial charge in [0.15, 0.2) is 5.75 Å². The smallest absolute Gasteiger partial charge is 0.336 e. The van der Waals surface area contributed by atoms with E-state index in [1.165, 1.54) is 27.4 Å². The summed E-state index contributed by atoms with van der Waals surface area (Å²) in [6.45, 7) is 3.17. The molecule has 1 aromatic rings. The number of carbonyl (C=O) groups is 2. The van der Waals surface area contributed by atoms with Crippen molar-refractivity contribution in [3.8, 4) is 11.5 Å². The van der Waals surface area contributed by atoms with Crippen LogP contribution in [0, 0.1) is 16.0 Å². The van der Waals surface area contributed by atoms with Gasteiger partial charge in [-0.15, -0.1) is 0 Å². The molecular weight excluding hydrogens is 372 g/mol. The lowest BCUT2D eigenvalue weighted by molar-refractivity contribution is -0.386. The molecule has 0 aliphatic carbocycles. The molecule has 28 heavy (non-hydrogen) atoms. The van der Waals surface area contributed by atoms with Crippen molar-refractivity contribution in [2.75, 3.05) is 21.3 Å². The fraction of sp³-hybridized carbons (Fsp3) is 0.389. The first kappa shape index (κ1) is 20.9. The number of carbonyl (C=O) groups excluding carboxylic acids is 2. The summed E-state index contributed by atoms with van der Waals surface area (Å²) in [5, 5.41) is 21.4. The van der Waals surface area contributed by atoms with Crippen LogP contribution in [0.4, 0.5) is 5.69 Å². The second-order valence-electron chi connectivity index (χ2n) is 6.07. The van der Waals surface area contributed by atoms with Crippen LogP contribution in [0.3, 0.4) is 0 Å². The second-order valence-corrected chi connectivity index (χ2v) is 6.07. The fourth-order valence-electron chi connectivity index (χ4n) is 3.29. The van der Waals surface area contributed by atoms with Crippen LogP contribution in [0.25, 0.3) is 0 Å². The number of ether oxygens (including phenoxy) is 3. The number of esters is 2. The van der Waals surface area contributed by atoms with Gasteiger partial charge < -0.3 is 19.3 Å². The maximum Gasteiger partial charge on any atom is 0.336 e. The predicted molar refractivity (Wildman–Crippen MR) is 97.4 cm³/mol. The summed E-state index contributed by atoms with van der Waals surface area (Å²) >= 11 is 0. The van der Waals surface area contributed by atoms with Crippen LogP contribution in [-0.2, 0) is 19.1 Å². The Morgan fingerprint density at radius 2 is 1.82 bits per heavy atom. The number of hydrogen-bond donors (Lipinski definition) is 1. The first-order valence-corrected chi connectivity index (χ1v) is 8.15. The minimum absolute atomic E-state index is 0.0607. The van der Waals surface area contributed by atoms with Crippen molar-refractivity contribution in [2.45, 2.75) is 19.8 Å². The average molecular weight is 392 g/mol. The van der Waals surface area contributed by atoms with Gasteiger partial charge in [-0.2, -0.15) is 0 Å². The number of methoxy groups -OCH3 is 3. The molecule has 0 amide bonds. The lowest BCUT2D eigenvalue weighted by Gasteiger charge is -2.31. The molecule has 2 atom stereocenters. The Morgan fingerprint density at radius 3 is 2.32 bits per heavy atom. The second kappa shape index (κ2) is 8.07. The van der Waals surface area contributed by atoms with E-state index in [0.29, 0.717) is 11.4 Å². The van der Waals surface area contributed by atoms with E-state index in [4.69, 9.17) is 14.2 Å². The van der Waals surface area contributed by atoms with Gasteiger partial charge in [0.25, 0.3) is 0 Å². The Balaban J connectivity index is 2.84. The van der Waals surface area contributed by atoms with Crippen molar-refractivity contribution in [1.82, 2.24) is 0 Å². The van der Waals surface area contributed by atoms with Crippen molar-refractivity contribution in [1.29, 1.82) is 0 Å². The lowest BCUT2D eigenvalue weighted by atomic mass is 9.75. The van der Waals surface area contributed by atoms with Gasteiger partial charge in [0, 0.05) is 23.4 Å². The highest BCUT2D eigenvalue weighted by atomic mass is 16.6. The van der Waals surface area contributed by atoms with E-state index in [-0.39, 0.29) is 16.9 Å².